The van der Waals surface area contributed by atoms with Crippen LogP contribution in [0.3, 0.4) is 0 Å². The number of hydrogen-bond acceptors (Lipinski definition) is 5. The summed E-state index contributed by atoms with van der Waals surface area (Å²) in [4.78, 5) is 8.97. The zero-order chi connectivity index (χ0) is 22.7. The summed E-state index contributed by atoms with van der Waals surface area (Å²) in [6.07, 6.45) is -2.84. The molecule has 0 bridgehead atoms. The molecule has 0 unspecified atom stereocenters. The molecule has 1 aromatic carbocycles. The number of nitrogens with zero attached hydrogens (tertiary/aromatic N) is 3. The van der Waals surface area contributed by atoms with E-state index < -0.39 is 27.9 Å². The number of anilines is 1. The Hall–Kier alpha value is -2.63. The molecule has 32 heavy (non-hydrogen) atoms. The van der Waals surface area contributed by atoms with Crippen LogP contribution in [0.1, 0.15) is 18.4 Å². The number of alkyl halides is 3. The Kier molecular flexibility index (Phi) is 4.95. The molecule has 2 N–H and O–H groups in total. The number of β-amino-alcohol motifs (C(OH)–C–C–N with tert-alkyl or cyclic N) is 1. The summed E-state index contributed by atoms with van der Waals surface area (Å²) in [7, 11) is -3.65. The maximum Gasteiger partial charge on any atom is 0.417 e. The number of sulfonamides is 1. The van der Waals surface area contributed by atoms with Gasteiger partial charge in [-0.2, -0.15) is 17.5 Å². The van der Waals surface area contributed by atoms with Gasteiger partial charge in [-0.25, -0.2) is 8.42 Å². The Balaban J connectivity index is 1.64. The van der Waals surface area contributed by atoms with E-state index in [-0.39, 0.29) is 10.4 Å². The summed E-state index contributed by atoms with van der Waals surface area (Å²) >= 11 is 0. The first-order chi connectivity index (χ1) is 15.1. The van der Waals surface area contributed by atoms with Gasteiger partial charge in [0.25, 0.3) is 0 Å². The number of benzene rings is 1. The molecule has 2 aromatic heterocycles. The quantitative estimate of drug-likeness (QED) is 0.617. The molecule has 0 spiro atoms. The first-order valence-electron chi connectivity index (χ1n) is 10.3. The molecule has 2 aliphatic heterocycles. The summed E-state index contributed by atoms with van der Waals surface area (Å²) in [6.45, 7) is 1.91. The third-order valence-corrected chi connectivity index (χ3v) is 7.91. The molecule has 1 atom stereocenters. The predicted molar refractivity (Wildman–Crippen MR) is 113 cm³/mol. The van der Waals surface area contributed by atoms with Crippen LogP contribution in [0, 0.1) is 0 Å². The summed E-state index contributed by atoms with van der Waals surface area (Å²) in [5, 5.41) is 9.97. The lowest BCUT2D eigenvalue weighted by Crippen LogP contribution is -2.41. The van der Waals surface area contributed by atoms with Crippen molar-refractivity contribution in [3.8, 4) is 11.3 Å². The molecule has 2 aliphatic rings. The normalized spacial score (nSPS) is 20.1. The predicted octanol–water partition coefficient (Wildman–Crippen LogP) is 3.21. The standard InChI is InChI=1S/C21H21F3N4O3S/c22-21(23,24)13-8-19-18(25-11-13)10-17(26-19)16-9-15(32(30,31)28-5-1-6-28)2-3-20(16)27-7-4-14(29)12-27/h2-3,8-11,14,26,29H,1,4-7,12H2/t14-/m0/s1. The molecule has 2 saturated heterocycles. The number of hydrogen-bond donors (Lipinski definition) is 2. The largest absolute Gasteiger partial charge is 0.417 e. The lowest BCUT2D eigenvalue weighted by atomic mass is 10.1. The smallest absolute Gasteiger partial charge is 0.391 e. The molecule has 0 saturated carbocycles. The minimum absolute atomic E-state index is 0.123. The van der Waals surface area contributed by atoms with Crippen LogP contribution in [0.2, 0.25) is 0 Å². The molecule has 2 fully saturated rings. The Bertz CT molecular complexity index is 1290. The number of aromatic amines is 1. The minimum Gasteiger partial charge on any atom is -0.391 e. The van der Waals surface area contributed by atoms with Crippen molar-refractivity contribution in [1.82, 2.24) is 14.3 Å². The van der Waals surface area contributed by atoms with E-state index in [1.165, 1.54) is 4.31 Å². The molecule has 170 valence electrons. The number of pyridine rings is 1. The van der Waals surface area contributed by atoms with E-state index in [1.807, 2.05) is 4.90 Å². The summed E-state index contributed by atoms with van der Waals surface area (Å²) in [6, 6.07) is 7.38. The number of halogens is 3. The fourth-order valence-electron chi connectivity index (χ4n) is 4.11. The molecule has 0 aliphatic carbocycles. The fraction of sp³-hybridized carbons (Fsp3) is 0.381. The highest BCUT2D eigenvalue weighted by Gasteiger charge is 2.33. The number of aliphatic hydroxyl groups excluding tert-OH is 1. The van der Waals surface area contributed by atoms with Gasteiger partial charge in [-0.3, -0.25) is 4.98 Å². The van der Waals surface area contributed by atoms with Gasteiger partial charge in [-0.05, 0) is 43.2 Å². The van der Waals surface area contributed by atoms with E-state index in [1.54, 1.807) is 24.3 Å². The number of rotatable bonds is 4. The molecule has 0 amide bonds. The fourth-order valence-corrected chi connectivity index (χ4v) is 5.66. The summed E-state index contributed by atoms with van der Waals surface area (Å²) < 4.78 is 66.5. The molecule has 7 nitrogen and oxygen atoms in total. The average Bonchev–Trinajstić information content (AvgIpc) is 3.30. The van der Waals surface area contributed by atoms with Crippen molar-refractivity contribution in [2.75, 3.05) is 31.1 Å². The maximum absolute atomic E-state index is 13.1. The topological polar surface area (TPSA) is 89.5 Å². The van der Waals surface area contributed by atoms with Crippen LogP contribution in [-0.4, -0.2) is 60.1 Å². The Labute approximate surface area is 182 Å². The van der Waals surface area contributed by atoms with Crippen LogP contribution in [0.4, 0.5) is 18.9 Å². The van der Waals surface area contributed by atoms with Crippen molar-refractivity contribution in [2.45, 2.75) is 30.0 Å². The van der Waals surface area contributed by atoms with Gasteiger partial charge >= 0.3 is 6.18 Å². The molecule has 0 radical (unpaired) electrons. The zero-order valence-electron chi connectivity index (χ0n) is 16.9. The van der Waals surface area contributed by atoms with E-state index in [0.29, 0.717) is 55.1 Å². The molecular formula is C21H21F3N4O3S. The van der Waals surface area contributed by atoms with Crippen molar-refractivity contribution in [1.29, 1.82) is 0 Å². The van der Waals surface area contributed by atoms with Crippen LogP contribution >= 0.6 is 0 Å². The van der Waals surface area contributed by atoms with E-state index in [9.17, 15) is 26.7 Å². The van der Waals surface area contributed by atoms with Gasteiger partial charge in [0, 0.05) is 43.6 Å². The molecule has 3 aromatic rings. The number of aromatic nitrogens is 2. The van der Waals surface area contributed by atoms with E-state index in [2.05, 4.69) is 9.97 Å². The van der Waals surface area contributed by atoms with Gasteiger partial charge in [0.15, 0.2) is 0 Å². The van der Waals surface area contributed by atoms with Crippen molar-refractivity contribution < 1.29 is 26.7 Å². The summed E-state index contributed by atoms with van der Waals surface area (Å²) in [5.74, 6) is 0. The number of H-pyrrole nitrogens is 1. The summed E-state index contributed by atoms with van der Waals surface area (Å²) in [5.41, 5.74) is 1.38. The first kappa shape index (κ1) is 21.2. The number of nitrogens with one attached hydrogen (secondary N) is 1. The van der Waals surface area contributed by atoms with E-state index >= 15 is 0 Å². The van der Waals surface area contributed by atoms with Crippen molar-refractivity contribution in [3.63, 3.8) is 0 Å². The van der Waals surface area contributed by atoms with Crippen molar-refractivity contribution >= 4 is 26.7 Å². The van der Waals surface area contributed by atoms with Crippen LogP contribution in [-0.2, 0) is 16.2 Å². The maximum atomic E-state index is 13.1. The van der Waals surface area contributed by atoms with Gasteiger partial charge in [-0.1, -0.05) is 0 Å². The third kappa shape index (κ3) is 3.63. The van der Waals surface area contributed by atoms with Crippen molar-refractivity contribution in [3.05, 3.63) is 42.1 Å². The van der Waals surface area contributed by atoms with Crippen LogP contribution in [0.5, 0.6) is 0 Å². The number of fused-ring (bicyclic) bond motifs is 1. The van der Waals surface area contributed by atoms with Gasteiger partial charge < -0.3 is 15.0 Å². The van der Waals surface area contributed by atoms with Gasteiger partial charge in [0.1, 0.15) is 0 Å². The lowest BCUT2D eigenvalue weighted by molar-refractivity contribution is -0.137. The van der Waals surface area contributed by atoms with Crippen LogP contribution < -0.4 is 4.90 Å². The minimum atomic E-state index is -4.52. The van der Waals surface area contributed by atoms with Crippen molar-refractivity contribution in [2.24, 2.45) is 0 Å². The van der Waals surface area contributed by atoms with Gasteiger partial charge in [-0.15, -0.1) is 0 Å². The first-order valence-corrected chi connectivity index (χ1v) is 11.7. The second kappa shape index (κ2) is 7.46. The number of aliphatic hydroxyl groups is 1. The highest BCUT2D eigenvalue weighted by atomic mass is 32.2. The third-order valence-electron chi connectivity index (χ3n) is 6.01. The zero-order valence-corrected chi connectivity index (χ0v) is 17.7. The monoisotopic (exact) mass is 466 g/mol. The highest BCUT2D eigenvalue weighted by Crippen LogP contribution is 2.38. The molecule has 11 heteroatoms. The second-order valence-corrected chi connectivity index (χ2v) is 10.1. The van der Waals surface area contributed by atoms with Crippen LogP contribution in [0.15, 0.2) is 41.4 Å². The molecule has 4 heterocycles. The Morgan fingerprint density at radius 2 is 1.91 bits per heavy atom. The highest BCUT2D eigenvalue weighted by molar-refractivity contribution is 7.89. The van der Waals surface area contributed by atoms with E-state index in [0.717, 1.165) is 18.7 Å². The second-order valence-electron chi connectivity index (χ2n) is 8.16. The van der Waals surface area contributed by atoms with E-state index in [4.69, 9.17) is 0 Å². The molecular weight excluding hydrogens is 445 g/mol. The van der Waals surface area contributed by atoms with Crippen LogP contribution in [0.25, 0.3) is 22.3 Å². The lowest BCUT2D eigenvalue weighted by Gasteiger charge is -2.30. The average molecular weight is 466 g/mol. The molecule has 5 rings (SSSR count). The van der Waals surface area contributed by atoms with Gasteiger partial charge in [0.2, 0.25) is 10.0 Å². The Morgan fingerprint density at radius 3 is 2.53 bits per heavy atom. The SMILES string of the molecule is O=S(=O)(c1ccc(N2CC[C@H](O)C2)c(-c2cc3ncc(C(F)(F)F)cc3[nH]2)c1)N1CCC1. The van der Waals surface area contributed by atoms with Gasteiger partial charge in [0.05, 0.1) is 33.3 Å². The Morgan fingerprint density at radius 1 is 1.12 bits per heavy atom.